The monoisotopic (exact) mass is 299 g/mol. The van der Waals surface area contributed by atoms with Crippen molar-refractivity contribution in [2.75, 3.05) is 13.7 Å². The van der Waals surface area contributed by atoms with Crippen LogP contribution in [-0.2, 0) is 11.2 Å². The van der Waals surface area contributed by atoms with Crippen LogP contribution < -0.4 is 4.74 Å². The fourth-order valence-electron chi connectivity index (χ4n) is 3.87. The molecule has 0 bridgehead atoms. The van der Waals surface area contributed by atoms with Gasteiger partial charge in [0.05, 0.1) is 13.2 Å². The van der Waals surface area contributed by atoms with Crippen LogP contribution in [0.1, 0.15) is 44.6 Å². The number of amides is 1. The van der Waals surface area contributed by atoms with E-state index >= 15 is 0 Å². The number of carbonyl (C=O) groups is 1. The number of ether oxygens (including phenoxy) is 1. The Hall–Kier alpha value is -1.77. The van der Waals surface area contributed by atoms with Gasteiger partial charge in [-0.1, -0.05) is 17.7 Å². The van der Waals surface area contributed by atoms with Crippen LogP contribution in [0, 0.1) is 0 Å². The van der Waals surface area contributed by atoms with E-state index in [1.54, 1.807) is 25.2 Å². The van der Waals surface area contributed by atoms with Crippen LogP contribution in [0.2, 0.25) is 0 Å². The lowest BCUT2D eigenvalue weighted by molar-refractivity contribution is -0.130. The molecule has 1 aromatic carbocycles. The first kappa shape index (κ1) is 15.1. The van der Waals surface area contributed by atoms with Crippen LogP contribution in [0.4, 0.5) is 0 Å². The minimum Gasteiger partial charge on any atom is -0.497 e. The minimum atomic E-state index is 0.204. The summed E-state index contributed by atoms with van der Waals surface area (Å²) in [6.45, 7) is 2.59. The van der Waals surface area contributed by atoms with Crippen molar-refractivity contribution in [3.05, 3.63) is 41.0 Å². The van der Waals surface area contributed by atoms with E-state index in [0.29, 0.717) is 0 Å². The molecule has 3 nitrogen and oxygen atoms in total. The van der Waals surface area contributed by atoms with Crippen molar-refractivity contribution >= 4 is 5.91 Å². The van der Waals surface area contributed by atoms with Gasteiger partial charge in [-0.05, 0) is 61.8 Å². The normalized spacial score (nSPS) is 21.5. The zero-order valence-corrected chi connectivity index (χ0v) is 13.6. The molecule has 1 aliphatic carbocycles. The van der Waals surface area contributed by atoms with Crippen LogP contribution in [0.15, 0.2) is 35.4 Å². The Bertz CT molecular complexity index is 574. The summed E-state index contributed by atoms with van der Waals surface area (Å²) in [7, 11) is 1.69. The summed E-state index contributed by atoms with van der Waals surface area (Å²) in [5, 5.41) is 0. The second-order valence-corrected chi connectivity index (χ2v) is 6.37. The molecule has 1 atom stereocenters. The van der Waals surface area contributed by atoms with E-state index in [9.17, 15) is 4.79 Å². The van der Waals surface area contributed by atoms with E-state index in [2.05, 4.69) is 17.0 Å². The molecule has 1 amide bonds. The van der Waals surface area contributed by atoms with Crippen LogP contribution in [-0.4, -0.2) is 30.5 Å². The molecule has 3 rings (SSSR count). The Morgan fingerprint density at radius 3 is 2.59 bits per heavy atom. The Balaban J connectivity index is 1.86. The van der Waals surface area contributed by atoms with Crippen molar-refractivity contribution in [3.8, 4) is 5.75 Å². The first-order valence-electron chi connectivity index (χ1n) is 8.30. The molecule has 1 aliphatic heterocycles. The predicted molar refractivity (Wildman–Crippen MR) is 88.0 cm³/mol. The summed E-state index contributed by atoms with van der Waals surface area (Å²) in [4.78, 5) is 14.1. The van der Waals surface area contributed by atoms with Gasteiger partial charge in [0.1, 0.15) is 5.75 Å². The maximum Gasteiger partial charge on any atom is 0.219 e. The Kier molecular flexibility index (Phi) is 4.51. The maximum atomic E-state index is 12.1. The quantitative estimate of drug-likeness (QED) is 0.796. The molecule has 0 aromatic heterocycles. The largest absolute Gasteiger partial charge is 0.497 e. The predicted octanol–water partition coefficient (Wildman–Crippen LogP) is 3.73. The topological polar surface area (TPSA) is 29.5 Å². The van der Waals surface area contributed by atoms with E-state index < -0.39 is 0 Å². The summed E-state index contributed by atoms with van der Waals surface area (Å²) in [5.41, 5.74) is 4.45. The van der Waals surface area contributed by atoms with Crippen LogP contribution in [0.25, 0.3) is 0 Å². The van der Waals surface area contributed by atoms with E-state index in [1.807, 2.05) is 12.1 Å². The van der Waals surface area contributed by atoms with Gasteiger partial charge in [-0.3, -0.25) is 4.79 Å². The average Bonchev–Trinajstić information content (AvgIpc) is 2.55. The number of rotatable bonds is 3. The molecule has 1 unspecified atom stereocenters. The highest BCUT2D eigenvalue weighted by molar-refractivity contribution is 5.74. The highest BCUT2D eigenvalue weighted by atomic mass is 16.5. The lowest BCUT2D eigenvalue weighted by Crippen LogP contribution is -2.46. The molecule has 0 saturated heterocycles. The van der Waals surface area contributed by atoms with Gasteiger partial charge < -0.3 is 9.64 Å². The van der Waals surface area contributed by atoms with Gasteiger partial charge in [0.25, 0.3) is 0 Å². The lowest BCUT2D eigenvalue weighted by Gasteiger charge is -2.40. The Morgan fingerprint density at radius 2 is 1.91 bits per heavy atom. The van der Waals surface area contributed by atoms with Crippen molar-refractivity contribution < 1.29 is 9.53 Å². The summed E-state index contributed by atoms with van der Waals surface area (Å²) in [6.07, 6.45) is 6.98. The zero-order valence-electron chi connectivity index (χ0n) is 13.6. The summed E-state index contributed by atoms with van der Waals surface area (Å²) >= 11 is 0. The first-order chi connectivity index (χ1) is 10.7. The third-order valence-corrected chi connectivity index (χ3v) is 5.05. The van der Waals surface area contributed by atoms with Crippen molar-refractivity contribution in [1.29, 1.82) is 0 Å². The Morgan fingerprint density at radius 1 is 1.18 bits per heavy atom. The molecule has 1 aromatic rings. The smallest absolute Gasteiger partial charge is 0.219 e. The highest BCUT2D eigenvalue weighted by Crippen LogP contribution is 2.36. The second-order valence-electron chi connectivity index (χ2n) is 6.37. The molecule has 0 N–H and O–H groups in total. The first-order valence-corrected chi connectivity index (χ1v) is 8.30. The molecule has 2 aliphatic rings. The van der Waals surface area contributed by atoms with Crippen LogP contribution in [0.3, 0.4) is 0 Å². The van der Waals surface area contributed by atoms with Crippen molar-refractivity contribution in [2.24, 2.45) is 0 Å². The standard InChI is InChI=1S/C19H25NO2/c1-14(21)20-12-11-16-5-3-4-6-18(16)19(20)13-15-7-9-17(22-2)10-8-15/h7-10,19H,3-6,11-13H2,1-2H3. The minimum absolute atomic E-state index is 0.204. The molecule has 118 valence electrons. The molecular weight excluding hydrogens is 274 g/mol. The van der Waals surface area contributed by atoms with Gasteiger partial charge in [0.2, 0.25) is 5.91 Å². The van der Waals surface area contributed by atoms with Crippen molar-refractivity contribution in [1.82, 2.24) is 4.90 Å². The van der Waals surface area contributed by atoms with Crippen LogP contribution in [0.5, 0.6) is 5.75 Å². The van der Waals surface area contributed by atoms with Gasteiger partial charge in [-0.25, -0.2) is 0 Å². The molecule has 3 heteroatoms. The number of carbonyl (C=O) groups excluding carboxylic acids is 1. The fraction of sp³-hybridized carbons (Fsp3) is 0.526. The van der Waals surface area contributed by atoms with E-state index in [0.717, 1.165) is 25.1 Å². The Labute approximate surface area is 133 Å². The number of nitrogens with zero attached hydrogens (tertiary/aromatic N) is 1. The zero-order chi connectivity index (χ0) is 15.5. The summed E-state index contributed by atoms with van der Waals surface area (Å²) in [6, 6.07) is 8.51. The third kappa shape index (κ3) is 3.03. The van der Waals surface area contributed by atoms with Gasteiger partial charge in [0, 0.05) is 13.5 Å². The molecule has 0 fully saturated rings. The van der Waals surface area contributed by atoms with E-state index in [1.165, 1.54) is 31.2 Å². The number of benzene rings is 1. The SMILES string of the molecule is COc1ccc(CC2C3=C(CCCC3)CCN2C(C)=O)cc1. The summed E-state index contributed by atoms with van der Waals surface area (Å²) in [5.74, 6) is 1.09. The molecular formula is C19H25NO2. The van der Waals surface area contributed by atoms with Crippen molar-refractivity contribution in [2.45, 2.75) is 51.5 Å². The molecule has 22 heavy (non-hydrogen) atoms. The number of hydrogen-bond acceptors (Lipinski definition) is 2. The van der Waals surface area contributed by atoms with Crippen LogP contribution >= 0.6 is 0 Å². The van der Waals surface area contributed by atoms with E-state index in [4.69, 9.17) is 4.74 Å². The lowest BCUT2D eigenvalue weighted by atomic mass is 9.80. The fourth-order valence-corrected chi connectivity index (χ4v) is 3.87. The summed E-state index contributed by atoms with van der Waals surface area (Å²) < 4.78 is 5.23. The third-order valence-electron chi connectivity index (χ3n) is 5.05. The van der Waals surface area contributed by atoms with Gasteiger partial charge in [-0.2, -0.15) is 0 Å². The number of hydrogen-bond donors (Lipinski definition) is 0. The van der Waals surface area contributed by atoms with E-state index in [-0.39, 0.29) is 11.9 Å². The molecule has 0 saturated carbocycles. The van der Waals surface area contributed by atoms with Gasteiger partial charge >= 0.3 is 0 Å². The highest BCUT2D eigenvalue weighted by Gasteiger charge is 2.32. The second kappa shape index (κ2) is 6.55. The van der Waals surface area contributed by atoms with Gasteiger partial charge in [0.15, 0.2) is 0 Å². The van der Waals surface area contributed by atoms with Crippen molar-refractivity contribution in [3.63, 3.8) is 0 Å². The molecule has 0 radical (unpaired) electrons. The number of methoxy groups -OCH3 is 1. The average molecular weight is 299 g/mol. The molecule has 1 heterocycles. The molecule has 0 spiro atoms. The maximum absolute atomic E-state index is 12.1. The van der Waals surface area contributed by atoms with Gasteiger partial charge in [-0.15, -0.1) is 0 Å².